The van der Waals surface area contributed by atoms with Crippen LogP contribution in [0.25, 0.3) is 0 Å². The van der Waals surface area contributed by atoms with Gasteiger partial charge in [-0.05, 0) is 25.2 Å². The van der Waals surface area contributed by atoms with E-state index in [0.717, 1.165) is 25.8 Å². The number of likely N-dealkylation sites (tertiary alicyclic amines) is 1. The average molecular weight is 320 g/mol. The Bertz CT molecular complexity index is 571. The lowest BCUT2D eigenvalue weighted by Crippen LogP contribution is -2.43. The average Bonchev–Trinajstić information content (AvgIpc) is 3.26. The molecule has 0 spiro atoms. The monoisotopic (exact) mass is 320 g/mol. The molecule has 0 bridgehead atoms. The summed E-state index contributed by atoms with van der Waals surface area (Å²) in [5, 5.41) is 16.4. The normalized spacial score (nSPS) is 30.5. The van der Waals surface area contributed by atoms with Crippen LogP contribution in [0.1, 0.15) is 25.7 Å². The van der Waals surface area contributed by atoms with Crippen LogP contribution in [0.4, 0.5) is 4.39 Å². The van der Waals surface area contributed by atoms with Gasteiger partial charge in [-0.1, -0.05) is 0 Å². The summed E-state index contributed by atoms with van der Waals surface area (Å²) in [6.45, 7) is 1.06. The molecule has 8 heteroatoms. The maximum absolute atomic E-state index is 13.4. The first-order valence-corrected chi connectivity index (χ1v) is 8.04. The molecule has 1 N–H and O–H groups in total. The van der Waals surface area contributed by atoms with Crippen LogP contribution in [-0.4, -0.2) is 56.9 Å². The Balaban J connectivity index is 1.42. The lowest BCUT2D eigenvalue weighted by Gasteiger charge is -2.21. The van der Waals surface area contributed by atoms with Crippen molar-refractivity contribution >= 4 is 5.91 Å². The molecule has 1 aromatic rings. The fourth-order valence-corrected chi connectivity index (χ4v) is 3.53. The summed E-state index contributed by atoms with van der Waals surface area (Å²) in [5.74, 6) is 0.342. The largest absolute Gasteiger partial charge is 0.323 e. The van der Waals surface area contributed by atoms with Crippen LogP contribution >= 0.6 is 0 Å². The van der Waals surface area contributed by atoms with E-state index in [4.69, 9.17) is 5.26 Å². The summed E-state index contributed by atoms with van der Waals surface area (Å²) in [6, 6.07) is 1.67. The van der Waals surface area contributed by atoms with Crippen LogP contribution in [0.3, 0.4) is 0 Å². The molecule has 2 fully saturated rings. The molecule has 124 valence electrons. The fraction of sp³-hybridized carbons (Fsp3) is 0.733. The second kappa shape index (κ2) is 7.04. The molecule has 7 nitrogen and oxygen atoms in total. The first kappa shape index (κ1) is 15.9. The standard InChI is InChI=1S/C15H21FN6O/c16-12-4-14(5-17)22(8-12)15(23)6-19-13-2-1-11(3-13)7-21-10-18-9-20-21/h9-14,19H,1-4,6-8H2/t11-,12+,13-,14+/m0/s1. The van der Waals surface area contributed by atoms with Gasteiger partial charge in [0, 0.05) is 19.0 Å². The second-order valence-electron chi connectivity index (χ2n) is 6.40. The van der Waals surface area contributed by atoms with E-state index >= 15 is 0 Å². The molecule has 1 saturated carbocycles. The van der Waals surface area contributed by atoms with Crippen molar-refractivity contribution in [1.29, 1.82) is 5.26 Å². The molecule has 2 aliphatic rings. The second-order valence-corrected chi connectivity index (χ2v) is 6.40. The SMILES string of the molecule is N#C[C@H]1C[C@@H](F)CN1C(=O)CN[C@H]1CC[C@H](Cn2cncn2)C1. The Labute approximate surface area is 134 Å². The molecule has 1 aromatic heterocycles. The molecule has 4 atom stereocenters. The van der Waals surface area contributed by atoms with Gasteiger partial charge >= 0.3 is 0 Å². The van der Waals surface area contributed by atoms with Gasteiger partial charge in [0.05, 0.1) is 19.2 Å². The first-order valence-electron chi connectivity index (χ1n) is 8.04. The van der Waals surface area contributed by atoms with Crippen LogP contribution in [0.15, 0.2) is 12.7 Å². The van der Waals surface area contributed by atoms with Gasteiger partial charge in [0.15, 0.2) is 0 Å². The van der Waals surface area contributed by atoms with Gasteiger partial charge in [-0.15, -0.1) is 0 Å². The van der Waals surface area contributed by atoms with E-state index in [-0.39, 0.29) is 31.5 Å². The Kier molecular flexibility index (Phi) is 4.86. The highest BCUT2D eigenvalue weighted by Gasteiger charge is 2.35. The summed E-state index contributed by atoms with van der Waals surface area (Å²) in [7, 11) is 0. The van der Waals surface area contributed by atoms with Crippen molar-refractivity contribution in [3.05, 3.63) is 12.7 Å². The van der Waals surface area contributed by atoms with Crippen LogP contribution in [-0.2, 0) is 11.3 Å². The number of aromatic nitrogens is 3. The van der Waals surface area contributed by atoms with Crippen LogP contribution < -0.4 is 5.32 Å². The van der Waals surface area contributed by atoms with Crippen LogP contribution in [0, 0.1) is 17.2 Å². The van der Waals surface area contributed by atoms with Crippen molar-refractivity contribution < 1.29 is 9.18 Å². The number of carbonyl (C=O) groups is 1. The number of nitrogens with zero attached hydrogens (tertiary/aromatic N) is 5. The number of hydrogen-bond acceptors (Lipinski definition) is 5. The molecule has 3 rings (SSSR count). The highest BCUT2D eigenvalue weighted by atomic mass is 19.1. The quantitative estimate of drug-likeness (QED) is 0.853. The van der Waals surface area contributed by atoms with E-state index in [1.54, 1.807) is 6.33 Å². The highest BCUT2D eigenvalue weighted by Crippen LogP contribution is 2.27. The van der Waals surface area contributed by atoms with Gasteiger partial charge in [-0.2, -0.15) is 10.4 Å². The number of halogens is 1. The van der Waals surface area contributed by atoms with E-state index < -0.39 is 12.2 Å². The topological polar surface area (TPSA) is 86.8 Å². The molecule has 1 aliphatic heterocycles. The Morgan fingerprint density at radius 2 is 2.30 bits per heavy atom. The van der Waals surface area contributed by atoms with E-state index in [0.29, 0.717) is 5.92 Å². The predicted octanol–water partition coefficient (Wildman–Crippen LogP) is 0.499. The Hall–Kier alpha value is -2.01. The minimum atomic E-state index is -1.08. The van der Waals surface area contributed by atoms with Crippen molar-refractivity contribution in [1.82, 2.24) is 25.0 Å². The van der Waals surface area contributed by atoms with Crippen molar-refractivity contribution in [3.8, 4) is 6.07 Å². The molecule has 1 amide bonds. The van der Waals surface area contributed by atoms with E-state index in [9.17, 15) is 9.18 Å². The van der Waals surface area contributed by atoms with E-state index in [1.807, 2.05) is 10.8 Å². The van der Waals surface area contributed by atoms with E-state index in [2.05, 4.69) is 15.4 Å². The molecule has 23 heavy (non-hydrogen) atoms. The zero-order chi connectivity index (χ0) is 16.2. The van der Waals surface area contributed by atoms with Gasteiger partial charge < -0.3 is 10.2 Å². The molecule has 1 aliphatic carbocycles. The summed E-state index contributed by atoms with van der Waals surface area (Å²) in [6.07, 6.45) is 5.38. The van der Waals surface area contributed by atoms with E-state index in [1.165, 1.54) is 11.2 Å². The summed E-state index contributed by atoms with van der Waals surface area (Å²) < 4.78 is 15.2. The molecule has 0 radical (unpaired) electrons. The number of nitriles is 1. The van der Waals surface area contributed by atoms with Gasteiger partial charge in [0.1, 0.15) is 24.9 Å². The van der Waals surface area contributed by atoms with Crippen LogP contribution in [0.5, 0.6) is 0 Å². The fourth-order valence-electron chi connectivity index (χ4n) is 3.53. The highest BCUT2D eigenvalue weighted by molar-refractivity contribution is 5.79. The maximum atomic E-state index is 13.4. The first-order chi connectivity index (χ1) is 11.2. The summed E-state index contributed by atoms with van der Waals surface area (Å²) in [5.41, 5.74) is 0. The van der Waals surface area contributed by atoms with Crippen molar-refractivity contribution in [2.24, 2.45) is 5.92 Å². The van der Waals surface area contributed by atoms with Gasteiger partial charge in [-0.25, -0.2) is 9.37 Å². The third-order valence-electron chi connectivity index (χ3n) is 4.71. The summed E-state index contributed by atoms with van der Waals surface area (Å²) >= 11 is 0. The lowest BCUT2D eigenvalue weighted by atomic mass is 10.1. The van der Waals surface area contributed by atoms with Crippen molar-refractivity contribution in [3.63, 3.8) is 0 Å². The number of carbonyl (C=O) groups excluding carboxylic acids is 1. The molecule has 0 aromatic carbocycles. The lowest BCUT2D eigenvalue weighted by molar-refractivity contribution is -0.130. The minimum Gasteiger partial charge on any atom is -0.323 e. The Morgan fingerprint density at radius 3 is 3.04 bits per heavy atom. The zero-order valence-electron chi connectivity index (χ0n) is 12.9. The summed E-state index contributed by atoms with van der Waals surface area (Å²) in [4.78, 5) is 17.5. The van der Waals surface area contributed by atoms with Gasteiger partial charge in [0.25, 0.3) is 0 Å². The molecule has 2 heterocycles. The smallest absolute Gasteiger partial charge is 0.237 e. The van der Waals surface area contributed by atoms with Crippen molar-refractivity contribution in [2.75, 3.05) is 13.1 Å². The minimum absolute atomic E-state index is 0.0400. The Morgan fingerprint density at radius 1 is 1.43 bits per heavy atom. The predicted molar refractivity (Wildman–Crippen MR) is 79.8 cm³/mol. The molecular formula is C15H21FN6O. The maximum Gasteiger partial charge on any atom is 0.237 e. The number of hydrogen-bond donors (Lipinski definition) is 1. The number of alkyl halides is 1. The number of amides is 1. The third-order valence-corrected chi connectivity index (χ3v) is 4.71. The van der Waals surface area contributed by atoms with Gasteiger partial charge in [0.2, 0.25) is 5.91 Å². The number of rotatable bonds is 5. The molecule has 0 unspecified atom stereocenters. The zero-order valence-corrected chi connectivity index (χ0v) is 12.9. The van der Waals surface area contributed by atoms with Crippen LogP contribution in [0.2, 0.25) is 0 Å². The number of nitrogens with one attached hydrogen (secondary N) is 1. The van der Waals surface area contributed by atoms with Crippen molar-refractivity contribution in [2.45, 2.75) is 50.5 Å². The molecule has 1 saturated heterocycles. The molecular weight excluding hydrogens is 299 g/mol. The van der Waals surface area contributed by atoms with Gasteiger partial charge in [-0.3, -0.25) is 9.48 Å². The third kappa shape index (κ3) is 3.85.